The highest BCUT2D eigenvalue weighted by molar-refractivity contribution is 7.99. The van der Waals surface area contributed by atoms with Gasteiger partial charge in [0.25, 0.3) is 0 Å². The minimum Gasteiger partial charge on any atom is -0.335 e. The van der Waals surface area contributed by atoms with E-state index in [1.165, 1.54) is 23.9 Å². The van der Waals surface area contributed by atoms with Crippen molar-refractivity contribution in [1.29, 1.82) is 0 Å². The van der Waals surface area contributed by atoms with Crippen LogP contribution in [0.2, 0.25) is 0 Å². The zero-order valence-corrected chi connectivity index (χ0v) is 17.5. The summed E-state index contributed by atoms with van der Waals surface area (Å²) in [7, 11) is -3.07. The molecule has 9 heteroatoms. The lowest BCUT2D eigenvalue weighted by atomic mass is 10.1. The molecule has 1 amide bonds. The van der Waals surface area contributed by atoms with Crippen molar-refractivity contribution >= 4 is 27.5 Å². The van der Waals surface area contributed by atoms with Crippen LogP contribution in [0.1, 0.15) is 26.7 Å². The van der Waals surface area contributed by atoms with Crippen LogP contribution < -0.4 is 0 Å². The Kier molecular flexibility index (Phi) is 6.44. The molecule has 1 fully saturated rings. The maximum Gasteiger partial charge on any atom is 0.233 e. The number of aromatic nitrogens is 2. The maximum absolute atomic E-state index is 13.5. The summed E-state index contributed by atoms with van der Waals surface area (Å²) < 4.78 is 39.0. The van der Waals surface area contributed by atoms with Crippen molar-refractivity contribution in [3.8, 4) is 5.69 Å². The molecular formula is C19H24FN3O3S2. The molecule has 1 aromatic carbocycles. The fourth-order valence-electron chi connectivity index (χ4n) is 3.42. The number of benzene rings is 1. The van der Waals surface area contributed by atoms with E-state index in [0.717, 1.165) is 6.42 Å². The first kappa shape index (κ1) is 20.9. The minimum atomic E-state index is -3.07. The number of imidazole rings is 1. The van der Waals surface area contributed by atoms with Gasteiger partial charge < -0.3 is 4.90 Å². The van der Waals surface area contributed by atoms with Crippen LogP contribution in [0.3, 0.4) is 0 Å². The quantitative estimate of drug-likeness (QED) is 0.638. The molecule has 2 atom stereocenters. The smallest absolute Gasteiger partial charge is 0.233 e. The second-order valence-corrected chi connectivity index (χ2v) is 10.1. The molecule has 1 aliphatic heterocycles. The van der Waals surface area contributed by atoms with Crippen molar-refractivity contribution in [3.63, 3.8) is 0 Å². The summed E-state index contributed by atoms with van der Waals surface area (Å²) in [6.45, 7) is 3.93. The Morgan fingerprint density at radius 2 is 2.25 bits per heavy atom. The molecule has 0 radical (unpaired) electrons. The van der Waals surface area contributed by atoms with Gasteiger partial charge in [0.15, 0.2) is 15.0 Å². The highest BCUT2D eigenvalue weighted by Crippen LogP contribution is 2.25. The highest BCUT2D eigenvalue weighted by Gasteiger charge is 2.36. The van der Waals surface area contributed by atoms with E-state index in [1.54, 1.807) is 34.0 Å². The van der Waals surface area contributed by atoms with Gasteiger partial charge >= 0.3 is 0 Å². The van der Waals surface area contributed by atoms with Gasteiger partial charge in [-0.25, -0.2) is 17.8 Å². The fraction of sp³-hybridized carbons (Fsp3) is 0.474. The number of sulfone groups is 1. The lowest BCUT2D eigenvalue weighted by Crippen LogP contribution is -2.47. The Bertz CT molecular complexity index is 945. The zero-order valence-electron chi connectivity index (χ0n) is 15.9. The van der Waals surface area contributed by atoms with Crippen molar-refractivity contribution in [2.24, 2.45) is 0 Å². The standard InChI is InChI=1S/C19H24FN3O3S2/c1-3-14(2)23(17-7-10-28(25,26)13-17)18(24)12-27-19-21-8-9-22(19)16-6-4-5-15(20)11-16/h4-6,8-9,11,14,17H,3,7,10,12-13H2,1-2H3/t14-,17+/m1/s1. The van der Waals surface area contributed by atoms with Gasteiger partial charge in [0.2, 0.25) is 5.91 Å². The molecule has 152 valence electrons. The molecule has 0 aliphatic carbocycles. The number of carbonyl (C=O) groups excluding carboxylic acids is 1. The Hall–Kier alpha value is -1.87. The first-order chi connectivity index (χ1) is 13.3. The third-order valence-corrected chi connectivity index (χ3v) is 7.68. The van der Waals surface area contributed by atoms with Gasteiger partial charge in [-0.3, -0.25) is 9.36 Å². The number of amides is 1. The molecule has 0 saturated carbocycles. The molecule has 3 rings (SSSR count). The lowest BCUT2D eigenvalue weighted by Gasteiger charge is -2.33. The Balaban J connectivity index is 1.73. The Labute approximate surface area is 169 Å². The van der Waals surface area contributed by atoms with Crippen LogP contribution in [-0.2, 0) is 14.6 Å². The minimum absolute atomic E-state index is 0.0330. The van der Waals surface area contributed by atoms with Crippen LogP contribution in [0.4, 0.5) is 4.39 Å². The summed E-state index contributed by atoms with van der Waals surface area (Å²) in [5.41, 5.74) is 0.633. The molecule has 0 spiro atoms. The van der Waals surface area contributed by atoms with E-state index in [4.69, 9.17) is 0 Å². The normalized spacial score (nSPS) is 19.5. The largest absolute Gasteiger partial charge is 0.335 e. The first-order valence-electron chi connectivity index (χ1n) is 9.24. The van der Waals surface area contributed by atoms with Crippen molar-refractivity contribution in [1.82, 2.24) is 14.5 Å². The maximum atomic E-state index is 13.5. The Morgan fingerprint density at radius 1 is 1.46 bits per heavy atom. The fourth-order valence-corrected chi connectivity index (χ4v) is 5.97. The van der Waals surface area contributed by atoms with E-state index >= 15 is 0 Å². The molecule has 0 bridgehead atoms. The number of nitrogens with zero attached hydrogens (tertiary/aromatic N) is 3. The van der Waals surface area contributed by atoms with Crippen LogP contribution in [-0.4, -0.2) is 58.1 Å². The molecule has 0 N–H and O–H groups in total. The summed E-state index contributed by atoms with van der Waals surface area (Å²) >= 11 is 1.27. The predicted molar refractivity (Wildman–Crippen MR) is 108 cm³/mol. The van der Waals surface area contributed by atoms with Gasteiger partial charge in [-0.05, 0) is 38.0 Å². The second kappa shape index (κ2) is 8.65. The van der Waals surface area contributed by atoms with Crippen molar-refractivity contribution in [3.05, 3.63) is 42.5 Å². The summed E-state index contributed by atoms with van der Waals surface area (Å²) in [5, 5.41) is 0.585. The first-order valence-corrected chi connectivity index (χ1v) is 12.0. The number of halogens is 1. The summed E-state index contributed by atoms with van der Waals surface area (Å²) in [5.74, 6) is -0.132. The monoisotopic (exact) mass is 425 g/mol. The predicted octanol–water partition coefficient (Wildman–Crippen LogP) is 2.92. The van der Waals surface area contributed by atoms with Gasteiger partial charge in [0.1, 0.15) is 5.82 Å². The highest BCUT2D eigenvalue weighted by atomic mass is 32.2. The van der Waals surface area contributed by atoms with Gasteiger partial charge in [-0.1, -0.05) is 24.8 Å². The van der Waals surface area contributed by atoms with Crippen LogP contribution in [0.25, 0.3) is 5.69 Å². The summed E-state index contributed by atoms with van der Waals surface area (Å²) in [6, 6.07) is 5.87. The number of hydrogen-bond donors (Lipinski definition) is 0. The van der Waals surface area contributed by atoms with E-state index in [0.29, 0.717) is 17.3 Å². The average molecular weight is 426 g/mol. The van der Waals surface area contributed by atoms with E-state index in [2.05, 4.69) is 4.98 Å². The summed E-state index contributed by atoms with van der Waals surface area (Å²) in [4.78, 5) is 19.0. The second-order valence-electron chi connectivity index (χ2n) is 6.96. The third kappa shape index (κ3) is 4.75. The van der Waals surface area contributed by atoms with E-state index < -0.39 is 9.84 Å². The van der Waals surface area contributed by atoms with Gasteiger partial charge in [-0.15, -0.1) is 0 Å². The van der Waals surface area contributed by atoms with Crippen LogP contribution >= 0.6 is 11.8 Å². The molecule has 6 nitrogen and oxygen atoms in total. The number of rotatable bonds is 7. The molecule has 2 aromatic rings. The van der Waals surface area contributed by atoms with Gasteiger partial charge in [0, 0.05) is 24.5 Å². The molecule has 1 aliphatic rings. The molecule has 1 aromatic heterocycles. The van der Waals surface area contributed by atoms with Crippen LogP contribution in [0.5, 0.6) is 0 Å². The van der Waals surface area contributed by atoms with Crippen LogP contribution in [0.15, 0.2) is 41.8 Å². The van der Waals surface area contributed by atoms with Crippen molar-refractivity contribution < 1.29 is 17.6 Å². The number of carbonyl (C=O) groups is 1. The molecule has 0 unspecified atom stereocenters. The third-order valence-electron chi connectivity index (χ3n) is 4.97. The molecule has 28 heavy (non-hydrogen) atoms. The van der Waals surface area contributed by atoms with Gasteiger partial charge in [0.05, 0.1) is 22.9 Å². The Morgan fingerprint density at radius 3 is 2.89 bits per heavy atom. The van der Waals surface area contributed by atoms with E-state index in [-0.39, 0.29) is 41.1 Å². The number of thioether (sulfide) groups is 1. The topological polar surface area (TPSA) is 72.3 Å². The molecule has 1 saturated heterocycles. The van der Waals surface area contributed by atoms with E-state index in [1.807, 2.05) is 13.8 Å². The molecule has 2 heterocycles. The summed E-state index contributed by atoms with van der Waals surface area (Å²) in [6.07, 6.45) is 4.57. The van der Waals surface area contributed by atoms with E-state index in [9.17, 15) is 17.6 Å². The lowest BCUT2D eigenvalue weighted by molar-refractivity contribution is -0.132. The number of hydrogen-bond acceptors (Lipinski definition) is 5. The van der Waals surface area contributed by atoms with Crippen LogP contribution in [0, 0.1) is 5.82 Å². The van der Waals surface area contributed by atoms with Crippen molar-refractivity contribution in [2.45, 2.75) is 43.9 Å². The van der Waals surface area contributed by atoms with Crippen molar-refractivity contribution in [2.75, 3.05) is 17.3 Å². The average Bonchev–Trinajstić information content (AvgIpc) is 3.26. The SMILES string of the molecule is CC[C@@H](C)N(C(=O)CSc1nccn1-c1cccc(F)c1)[C@H]1CCS(=O)(=O)C1. The van der Waals surface area contributed by atoms with Gasteiger partial charge in [-0.2, -0.15) is 0 Å². The zero-order chi connectivity index (χ0) is 20.3. The molecular weight excluding hydrogens is 401 g/mol.